The van der Waals surface area contributed by atoms with Crippen molar-refractivity contribution in [3.05, 3.63) is 46.7 Å². The molecule has 13 heteroatoms. The Morgan fingerprint density at radius 2 is 2.00 bits per heavy atom. The summed E-state index contributed by atoms with van der Waals surface area (Å²) in [7, 11) is 2.06. The number of hydrogen-bond acceptors (Lipinski definition) is 7. The normalized spacial score (nSPS) is 18.8. The standard InChI is InChI=1S/C25H27F3N8OS/c1-15-11-34(9-10-36(15)20(37)14-35-13-16-12-33(2)8-7-17(16)32-35)23-21(31-24(38-23)25(26,27)28)22-29-18-5-3-4-6-19(18)30-22/h3-6,13,15H,7-12,14H2,1-2H3,(H,29,30)/t15-/m1/s1. The molecule has 200 valence electrons. The molecule has 0 spiro atoms. The first-order valence-electron chi connectivity index (χ1n) is 12.5. The SMILES string of the molecule is C[C@@H]1CN(c2sc(C(F)(F)F)nc2-c2nc3ccccc3[nH]2)CCN1C(=O)Cn1cc2c(n1)CCN(C)C2. The van der Waals surface area contributed by atoms with Crippen LogP contribution in [0.25, 0.3) is 22.6 Å². The molecule has 5 heterocycles. The van der Waals surface area contributed by atoms with Crippen LogP contribution in [0.2, 0.25) is 0 Å². The monoisotopic (exact) mass is 544 g/mol. The molecule has 0 radical (unpaired) electrons. The number of piperazine rings is 1. The average Bonchev–Trinajstić information content (AvgIpc) is 3.59. The third kappa shape index (κ3) is 4.64. The third-order valence-corrected chi connectivity index (χ3v) is 8.25. The zero-order valence-corrected chi connectivity index (χ0v) is 21.8. The van der Waals surface area contributed by atoms with Gasteiger partial charge in [-0.3, -0.25) is 9.48 Å². The number of aromatic nitrogens is 5. The predicted octanol–water partition coefficient (Wildman–Crippen LogP) is 3.63. The van der Waals surface area contributed by atoms with Gasteiger partial charge in [-0.15, -0.1) is 0 Å². The fourth-order valence-corrected chi connectivity index (χ4v) is 6.17. The molecule has 38 heavy (non-hydrogen) atoms. The van der Waals surface area contributed by atoms with E-state index in [1.54, 1.807) is 15.6 Å². The largest absolute Gasteiger partial charge is 0.443 e. The fourth-order valence-electron chi connectivity index (χ4n) is 5.20. The van der Waals surface area contributed by atoms with Crippen LogP contribution >= 0.6 is 11.3 Å². The average molecular weight is 545 g/mol. The Kier molecular flexibility index (Phi) is 6.14. The lowest BCUT2D eigenvalue weighted by molar-refractivity contribution is -0.137. The second-order valence-electron chi connectivity index (χ2n) is 9.94. The molecule has 0 bridgehead atoms. The van der Waals surface area contributed by atoms with Crippen LogP contribution in [0.15, 0.2) is 30.5 Å². The highest BCUT2D eigenvalue weighted by atomic mass is 32.1. The van der Waals surface area contributed by atoms with Gasteiger partial charge in [-0.1, -0.05) is 23.5 Å². The van der Waals surface area contributed by atoms with Gasteiger partial charge >= 0.3 is 6.18 Å². The summed E-state index contributed by atoms with van der Waals surface area (Å²) >= 11 is 0.616. The van der Waals surface area contributed by atoms with Gasteiger partial charge in [-0.2, -0.15) is 18.3 Å². The number of thiazole rings is 1. The first kappa shape index (κ1) is 24.9. The molecule has 1 saturated heterocycles. The van der Waals surface area contributed by atoms with Crippen molar-refractivity contribution in [3.8, 4) is 11.5 Å². The molecule has 1 atom stereocenters. The van der Waals surface area contributed by atoms with E-state index in [-0.39, 0.29) is 24.2 Å². The second kappa shape index (κ2) is 9.38. The molecule has 1 aromatic carbocycles. The van der Waals surface area contributed by atoms with Crippen molar-refractivity contribution < 1.29 is 18.0 Å². The molecule has 0 aliphatic carbocycles. The maximum atomic E-state index is 13.7. The molecule has 4 aromatic rings. The van der Waals surface area contributed by atoms with Crippen LogP contribution in [0.5, 0.6) is 0 Å². The summed E-state index contributed by atoms with van der Waals surface area (Å²) in [6, 6.07) is 7.08. The summed E-state index contributed by atoms with van der Waals surface area (Å²) in [6.45, 7) is 5.00. The zero-order chi connectivity index (χ0) is 26.6. The number of alkyl halides is 3. The van der Waals surface area contributed by atoms with E-state index in [9.17, 15) is 18.0 Å². The van der Waals surface area contributed by atoms with E-state index >= 15 is 0 Å². The van der Waals surface area contributed by atoms with Crippen LogP contribution in [0.3, 0.4) is 0 Å². The van der Waals surface area contributed by atoms with Crippen molar-refractivity contribution in [2.24, 2.45) is 0 Å². The van der Waals surface area contributed by atoms with Crippen LogP contribution in [-0.4, -0.2) is 79.7 Å². The Bertz CT molecular complexity index is 1460. The van der Waals surface area contributed by atoms with E-state index in [0.717, 1.165) is 36.3 Å². The number of nitrogens with one attached hydrogen (secondary N) is 1. The highest BCUT2D eigenvalue weighted by Gasteiger charge is 2.39. The fraction of sp³-hybridized carbons (Fsp3) is 0.440. The molecule has 0 saturated carbocycles. The predicted molar refractivity (Wildman–Crippen MR) is 138 cm³/mol. The molecule has 1 fully saturated rings. The van der Waals surface area contributed by atoms with Crippen molar-refractivity contribution in [1.82, 2.24) is 34.5 Å². The van der Waals surface area contributed by atoms with Crippen molar-refractivity contribution in [3.63, 3.8) is 0 Å². The van der Waals surface area contributed by atoms with Crippen molar-refractivity contribution in [2.75, 3.05) is 38.1 Å². The summed E-state index contributed by atoms with van der Waals surface area (Å²) in [5, 5.41) is 4.09. The molecule has 1 amide bonds. The van der Waals surface area contributed by atoms with Crippen molar-refractivity contribution in [2.45, 2.75) is 38.7 Å². The molecule has 0 unspecified atom stereocenters. The van der Waals surface area contributed by atoms with E-state index in [2.05, 4.69) is 32.0 Å². The Balaban J connectivity index is 1.21. The van der Waals surface area contributed by atoms with Crippen molar-refractivity contribution >= 4 is 33.3 Å². The maximum Gasteiger partial charge on any atom is 0.443 e. The van der Waals surface area contributed by atoms with Gasteiger partial charge in [0.05, 0.1) is 16.7 Å². The minimum absolute atomic E-state index is 0.0526. The van der Waals surface area contributed by atoms with Gasteiger partial charge in [0, 0.05) is 56.9 Å². The third-order valence-electron chi connectivity index (χ3n) is 7.09. The van der Waals surface area contributed by atoms with Gasteiger partial charge in [-0.05, 0) is 26.1 Å². The molecule has 9 nitrogen and oxygen atoms in total. The van der Waals surface area contributed by atoms with Crippen molar-refractivity contribution in [1.29, 1.82) is 0 Å². The number of H-pyrrole nitrogens is 1. The number of halogens is 3. The van der Waals surface area contributed by atoms with E-state index in [4.69, 9.17) is 0 Å². The number of aromatic amines is 1. The highest BCUT2D eigenvalue weighted by molar-refractivity contribution is 7.16. The number of imidazole rings is 1. The van der Waals surface area contributed by atoms with E-state index in [1.807, 2.05) is 36.2 Å². The molecular weight excluding hydrogens is 517 g/mol. The summed E-state index contributed by atoms with van der Waals surface area (Å²) in [5.41, 5.74) is 3.75. The minimum Gasteiger partial charge on any atom is -0.358 e. The maximum absolute atomic E-state index is 13.7. The van der Waals surface area contributed by atoms with Gasteiger partial charge in [-0.25, -0.2) is 9.97 Å². The summed E-state index contributed by atoms with van der Waals surface area (Å²) in [5.74, 6) is 0.246. The van der Waals surface area contributed by atoms with Gasteiger partial charge in [0.25, 0.3) is 0 Å². The summed E-state index contributed by atoms with van der Waals surface area (Å²) in [4.78, 5) is 30.6. The smallest absolute Gasteiger partial charge is 0.358 e. The molecule has 1 N–H and O–H groups in total. The van der Waals surface area contributed by atoms with Crippen LogP contribution in [-0.2, 0) is 30.5 Å². The number of hydrogen-bond donors (Lipinski definition) is 1. The molecule has 6 rings (SSSR count). The zero-order valence-electron chi connectivity index (χ0n) is 21.0. The quantitative estimate of drug-likeness (QED) is 0.423. The Hall–Kier alpha value is -3.45. The van der Waals surface area contributed by atoms with Gasteiger partial charge in [0.2, 0.25) is 10.9 Å². The van der Waals surface area contributed by atoms with Crippen LogP contribution < -0.4 is 4.90 Å². The summed E-state index contributed by atoms with van der Waals surface area (Å²) < 4.78 is 42.7. The highest BCUT2D eigenvalue weighted by Crippen LogP contribution is 2.42. The van der Waals surface area contributed by atoms with Gasteiger partial charge < -0.3 is 19.7 Å². The van der Waals surface area contributed by atoms with Crippen LogP contribution in [0.4, 0.5) is 18.2 Å². The van der Waals surface area contributed by atoms with Gasteiger partial charge in [0.1, 0.15) is 17.2 Å². The topological polar surface area (TPSA) is 86.2 Å². The van der Waals surface area contributed by atoms with Crippen LogP contribution in [0.1, 0.15) is 23.2 Å². The number of amides is 1. The Morgan fingerprint density at radius 3 is 2.76 bits per heavy atom. The first-order chi connectivity index (χ1) is 18.2. The second-order valence-corrected chi connectivity index (χ2v) is 10.9. The number of carbonyl (C=O) groups is 1. The summed E-state index contributed by atoms with van der Waals surface area (Å²) in [6.07, 6.45) is -1.76. The number of anilines is 1. The lowest BCUT2D eigenvalue weighted by Gasteiger charge is -2.40. The van der Waals surface area contributed by atoms with Gasteiger partial charge in [0.15, 0.2) is 5.82 Å². The number of rotatable bonds is 4. The number of likely N-dealkylation sites (N-methyl/N-ethyl adjacent to an activating group) is 1. The molecular formula is C25H27F3N8OS. The number of carbonyl (C=O) groups excluding carboxylic acids is 1. The Labute approximate surface area is 220 Å². The number of nitrogens with zero attached hydrogens (tertiary/aromatic N) is 7. The first-order valence-corrected chi connectivity index (χ1v) is 13.3. The molecule has 2 aliphatic rings. The number of fused-ring (bicyclic) bond motifs is 2. The lowest BCUT2D eigenvalue weighted by atomic mass is 10.1. The molecule has 2 aliphatic heterocycles. The van der Waals surface area contributed by atoms with E-state index < -0.39 is 11.2 Å². The van der Waals surface area contributed by atoms with E-state index in [1.165, 1.54) is 0 Å². The lowest BCUT2D eigenvalue weighted by Crippen LogP contribution is -2.54. The molecule has 3 aromatic heterocycles. The number of benzene rings is 1. The Morgan fingerprint density at radius 1 is 1.18 bits per heavy atom. The number of para-hydroxylation sites is 2. The minimum atomic E-state index is -4.56. The van der Waals surface area contributed by atoms with Crippen LogP contribution in [0, 0.1) is 0 Å². The van der Waals surface area contributed by atoms with E-state index in [0.29, 0.717) is 47.3 Å².